The Morgan fingerprint density at radius 1 is 1.15 bits per heavy atom. The first kappa shape index (κ1) is 19.3. The van der Waals surface area contributed by atoms with Crippen molar-refractivity contribution in [2.45, 2.75) is 30.9 Å². The molecule has 0 aliphatic rings. The molecule has 6 nitrogen and oxygen atoms in total. The zero-order chi connectivity index (χ0) is 19.4. The van der Waals surface area contributed by atoms with Gasteiger partial charge in [0.05, 0.1) is 11.7 Å². The van der Waals surface area contributed by atoms with E-state index in [9.17, 15) is 4.79 Å². The number of nitrogen functional groups attached to an aromatic ring is 1. The molecule has 0 saturated carbocycles. The maximum atomic E-state index is 11.9. The highest BCUT2D eigenvalue weighted by Crippen LogP contribution is 2.25. The topological polar surface area (TPSA) is 83.0 Å². The first-order valence-electron chi connectivity index (χ1n) is 8.33. The van der Waals surface area contributed by atoms with Gasteiger partial charge in [-0.05, 0) is 55.8 Å². The average Bonchev–Trinajstić information content (AvgIpc) is 3.01. The number of thioether (sulfide) groups is 1. The van der Waals surface area contributed by atoms with Gasteiger partial charge in [0.1, 0.15) is 0 Å². The number of nitrogens with zero attached hydrogens (tertiary/aromatic N) is 3. The van der Waals surface area contributed by atoms with E-state index in [0.717, 1.165) is 11.1 Å². The first-order chi connectivity index (χ1) is 12.9. The molecule has 0 unspecified atom stereocenters. The highest BCUT2D eigenvalue weighted by Gasteiger charge is 2.13. The van der Waals surface area contributed by atoms with Crippen molar-refractivity contribution in [3.8, 4) is 11.4 Å². The molecule has 0 spiro atoms. The number of benzene rings is 2. The highest BCUT2D eigenvalue weighted by atomic mass is 35.5. The number of hydrogen-bond donors (Lipinski definition) is 1. The zero-order valence-corrected chi connectivity index (χ0v) is 16.5. The maximum Gasteiger partial charge on any atom is 0.338 e. The number of ether oxygens (including phenoxy) is 1. The van der Waals surface area contributed by atoms with Crippen LogP contribution in [-0.2, 0) is 10.5 Å². The third kappa shape index (κ3) is 4.81. The van der Waals surface area contributed by atoms with Gasteiger partial charge in [-0.25, -0.2) is 9.47 Å². The van der Waals surface area contributed by atoms with Crippen LogP contribution in [0, 0.1) is 0 Å². The molecule has 1 aromatic heterocycles. The van der Waals surface area contributed by atoms with E-state index >= 15 is 0 Å². The number of carbonyl (C=O) groups excluding carboxylic acids is 1. The van der Waals surface area contributed by atoms with E-state index in [1.807, 2.05) is 38.1 Å². The van der Waals surface area contributed by atoms with Crippen LogP contribution in [0.3, 0.4) is 0 Å². The minimum Gasteiger partial charge on any atom is -0.459 e. The third-order valence-electron chi connectivity index (χ3n) is 3.67. The third-order valence-corrected chi connectivity index (χ3v) is 4.93. The Bertz CT molecular complexity index is 924. The van der Waals surface area contributed by atoms with Crippen molar-refractivity contribution in [3.05, 3.63) is 64.7 Å². The summed E-state index contributed by atoms with van der Waals surface area (Å²) < 4.78 is 6.64. The summed E-state index contributed by atoms with van der Waals surface area (Å²) in [6.45, 7) is 3.65. The Morgan fingerprint density at radius 2 is 1.81 bits per heavy atom. The van der Waals surface area contributed by atoms with Crippen LogP contribution in [0.1, 0.15) is 29.8 Å². The van der Waals surface area contributed by atoms with Crippen molar-refractivity contribution in [1.29, 1.82) is 0 Å². The van der Waals surface area contributed by atoms with Crippen LogP contribution in [-0.4, -0.2) is 26.9 Å². The predicted molar refractivity (Wildman–Crippen MR) is 107 cm³/mol. The summed E-state index contributed by atoms with van der Waals surface area (Å²) in [5.41, 5.74) is 2.41. The highest BCUT2D eigenvalue weighted by molar-refractivity contribution is 7.98. The monoisotopic (exact) mass is 402 g/mol. The van der Waals surface area contributed by atoms with Crippen LogP contribution in [0.5, 0.6) is 0 Å². The Labute approximate surface area is 166 Å². The fourth-order valence-electron chi connectivity index (χ4n) is 2.34. The van der Waals surface area contributed by atoms with Gasteiger partial charge in [0, 0.05) is 16.3 Å². The van der Waals surface area contributed by atoms with Crippen molar-refractivity contribution < 1.29 is 9.53 Å². The molecule has 1 heterocycles. The molecule has 0 radical (unpaired) electrons. The molecule has 0 aliphatic carbocycles. The molecule has 140 valence electrons. The van der Waals surface area contributed by atoms with Crippen LogP contribution in [0.15, 0.2) is 53.7 Å². The Hall–Kier alpha value is -2.51. The van der Waals surface area contributed by atoms with Crippen molar-refractivity contribution in [2.75, 3.05) is 5.84 Å². The van der Waals surface area contributed by atoms with Crippen molar-refractivity contribution >= 4 is 29.3 Å². The summed E-state index contributed by atoms with van der Waals surface area (Å²) in [5, 5.41) is 9.56. The number of hydrogen-bond acceptors (Lipinski definition) is 6. The molecule has 0 bridgehead atoms. The van der Waals surface area contributed by atoms with E-state index in [4.69, 9.17) is 22.2 Å². The number of rotatable bonds is 6. The summed E-state index contributed by atoms with van der Waals surface area (Å²) >= 11 is 7.38. The molecule has 0 atom stereocenters. The Morgan fingerprint density at radius 3 is 2.44 bits per heavy atom. The lowest BCUT2D eigenvalue weighted by atomic mass is 10.1. The summed E-state index contributed by atoms with van der Waals surface area (Å²) in [7, 11) is 0. The summed E-state index contributed by atoms with van der Waals surface area (Å²) in [4.78, 5) is 11.9. The van der Waals surface area contributed by atoms with Crippen LogP contribution in [0.4, 0.5) is 0 Å². The average molecular weight is 403 g/mol. The lowest BCUT2D eigenvalue weighted by Gasteiger charge is -2.08. The minimum atomic E-state index is -0.321. The molecular weight excluding hydrogens is 384 g/mol. The van der Waals surface area contributed by atoms with Crippen molar-refractivity contribution in [3.63, 3.8) is 0 Å². The van der Waals surface area contributed by atoms with E-state index in [1.165, 1.54) is 16.4 Å². The molecule has 0 aliphatic heterocycles. The van der Waals surface area contributed by atoms with Crippen LogP contribution < -0.4 is 5.84 Å². The molecule has 0 fully saturated rings. The number of esters is 1. The molecule has 3 rings (SSSR count). The molecule has 27 heavy (non-hydrogen) atoms. The van der Waals surface area contributed by atoms with E-state index in [-0.39, 0.29) is 12.1 Å². The van der Waals surface area contributed by atoms with Gasteiger partial charge in [0.25, 0.3) is 0 Å². The smallest absolute Gasteiger partial charge is 0.338 e. The van der Waals surface area contributed by atoms with Gasteiger partial charge in [-0.15, -0.1) is 10.2 Å². The van der Waals surface area contributed by atoms with Gasteiger partial charge in [-0.2, -0.15) is 0 Å². The fraction of sp³-hybridized carbons (Fsp3) is 0.211. The van der Waals surface area contributed by atoms with Gasteiger partial charge in [0.2, 0.25) is 5.16 Å². The van der Waals surface area contributed by atoms with Gasteiger partial charge in [-0.1, -0.05) is 35.5 Å². The number of halogens is 1. The second kappa shape index (κ2) is 8.45. The largest absolute Gasteiger partial charge is 0.459 e. The van der Waals surface area contributed by atoms with Crippen LogP contribution >= 0.6 is 23.4 Å². The van der Waals surface area contributed by atoms with Gasteiger partial charge in [-0.3, -0.25) is 0 Å². The quantitative estimate of drug-likeness (QED) is 0.378. The summed E-state index contributed by atoms with van der Waals surface area (Å²) in [6.07, 6.45) is -0.140. The lowest BCUT2D eigenvalue weighted by molar-refractivity contribution is 0.0378. The van der Waals surface area contributed by atoms with Crippen molar-refractivity contribution in [1.82, 2.24) is 14.9 Å². The molecule has 8 heteroatoms. The fourth-order valence-corrected chi connectivity index (χ4v) is 3.28. The molecule has 0 amide bonds. The van der Waals surface area contributed by atoms with Crippen LogP contribution in [0.2, 0.25) is 5.02 Å². The number of nitrogens with two attached hydrogens (primary N) is 1. The normalized spacial score (nSPS) is 11.0. The Balaban J connectivity index is 1.65. The zero-order valence-electron chi connectivity index (χ0n) is 14.9. The second-order valence-corrected chi connectivity index (χ2v) is 7.50. The van der Waals surface area contributed by atoms with Gasteiger partial charge >= 0.3 is 5.97 Å². The van der Waals surface area contributed by atoms with Crippen molar-refractivity contribution in [2.24, 2.45) is 0 Å². The predicted octanol–water partition coefficient (Wildman–Crippen LogP) is 4.17. The summed E-state index contributed by atoms with van der Waals surface area (Å²) in [5.74, 6) is 7.02. The molecular formula is C19H19ClN4O2S. The SMILES string of the molecule is CC(C)OC(=O)c1ccc(CSc2nnc(-c3ccc(Cl)cc3)n2N)cc1. The number of aromatic nitrogens is 3. The second-order valence-electron chi connectivity index (χ2n) is 6.12. The number of carbonyl (C=O) groups is 1. The minimum absolute atomic E-state index is 0.140. The van der Waals surface area contributed by atoms with E-state index < -0.39 is 0 Å². The molecule has 2 N–H and O–H groups in total. The van der Waals surface area contributed by atoms with Gasteiger partial charge < -0.3 is 10.6 Å². The lowest BCUT2D eigenvalue weighted by Crippen LogP contribution is -2.12. The van der Waals surface area contributed by atoms with E-state index in [1.54, 1.807) is 24.3 Å². The van der Waals surface area contributed by atoms with Gasteiger partial charge in [0.15, 0.2) is 5.82 Å². The first-order valence-corrected chi connectivity index (χ1v) is 9.69. The molecule has 0 saturated heterocycles. The molecule has 3 aromatic rings. The molecule has 2 aromatic carbocycles. The summed E-state index contributed by atoms with van der Waals surface area (Å²) in [6, 6.07) is 14.6. The standard InChI is InChI=1S/C19H19ClN4O2S/c1-12(2)26-18(25)15-5-3-13(4-6-15)11-27-19-23-22-17(24(19)21)14-7-9-16(20)10-8-14/h3-10,12H,11,21H2,1-2H3. The van der Waals surface area contributed by atoms with Crippen LogP contribution in [0.25, 0.3) is 11.4 Å². The van der Waals surface area contributed by atoms with E-state index in [2.05, 4.69) is 10.2 Å². The Kier molecular flexibility index (Phi) is 6.03. The maximum absolute atomic E-state index is 11.9. The van der Waals surface area contributed by atoms with E-state index in [0.29, 0.717) is 27.3 Å².